The number of hydrogen-bond donors (Lipinski definition) is 1. The van der Waals surface area contributed by atoms with E-state index in [2.05, 4.69) is 22.3 Å². The summed E-state index contributed by atoms with van der Waals surface area (Å²) in [5.74, 6) is 0.173. The van der Waals surface area contributed by atoms with Crippen LogP contribution in [0.2, 0.25) is 5.02 Å². The molecule has 2 aromatic rings. The van der Waals surface area contributed by atoms with Crippen molar-refractivity contribution in [3.05, 3.63) is 40.8 Å². The molecule has 0 saturated carbocycles. The molecule has 2 heterocycles. The lowest BCUT2D eigenvalue weighted by Crippen LogP contribution is -2.14. The van der Waals surface area contributed by atoms with Crippen LogP contribution in [0.3, 0.4) is 0 Å². The summed E-state index contributed by atoms with van der Waals surface area (Å²) in [5, 5.41) is 6.89. The van der Waals surface area contributed by atoms with E-state index in [0.717, 1.165) is 29.3 Å². The Hall–Kier alpha value is -1.60. The number of nitrogens with one attached hydrogen (secondary N) is 1. The Morgan fingerprint density at radius 1 is 1.38 bits per heavy atom. The molecule has 0 amide bonds. The van der Waals surface area contributed by atoms with Gasteiger partial charge < -0.3 is 5.32 Å². The third-order valence-electron chi connectivity index (χ3n) is 2.73. The van der Waals surface area contributed by atoms with Crippen molar-refractivity contribution in [2.45, 2.75) is 26.1 Å². The van der Waals surface area contributed by atoms with Crippen molar-refractivity contribution in [3.63, 3.8) is 0 Å². The maximum absolute atomic E-state index is 12.5. The van der Waals surface area contributed by atoms with Crippen LogP contribution in [-0.2, 0) is 12.7 Å². The number of aromatic nitrogens is 3. The van der Waals surface area contributed by atoms with E-state index >= 15 is 0 Å². The average Bonchev–Trinajstić information content (AvgIpc) is 2.88. The lowest BCUT2D eigenvalue weighted by molar-refractivity contribution is -0.141. The van der Waals surface area contributed by atoms with Crippen LogP contribution in [0.4, 0.5) is 13.2 Å². The third kappa shape index (κ3) is 3.95. The summed E-state index contributed by atoms with van der Waals surface area (Å²) < 4.78 is 38.6. The van der Waals surface area contributed by atoms with Gasteiger partial charge in [-0.05, 0) is 30.7 Å². The maximum Gasteiger partial charge on any atom is 0.435 e. The van der Waals surface area contributed by atoms with Gasteiger partial charge in [-0.1, -0.05) is 18.5 Å². The van der Waals surface area contributed by atoms with Gasteiger partial charge in [-0.2, -0.15) is 18.3 Å². The standard InChI is InChI=1S/C13H14ClF3N4/c1-2-4-18-7-9-6-10(14)12(19-8-9)21-5-3-11(20-21)13(15,16)17/h3,5-6,8,18H,2,4,7H2,1H3. The van der Waals surface area contributed by atoms with Crippen LogP contribution in [0.25, 0.3) is 5.82 Å². The van der Waals surface area contributed by atoms with Gasteiger partial charge in [0, 0.05) is 18.9 Å². The molecule has 4 nitrogen and oxygen atoms in total. The van der Waals surface area contributed by atoms with Crippen LogP contribution in [-0.4, -0.2) is 21.3 Å². The monoisotopic (exact) mass is 318 g/mol. The lowest BCUT2D eigenvalue weighted by Gasteiger charge is -2.07. The molecule has 0 unspecified atom stereocenters. The highest BCUT2D eigenvalue weighted by Gasteiger charge is 2.33. The van der Waals surface area contributed by atoms with Crippen LogP contribution < -0.4 is 5.32 Å². The smallest absolute Gasteiger partial charge is 0.313 e. The molecule has 0 aliphatic carbocycles. The molecule has 2 rings (SSSR count). The van der Waals surface area contributed by atoms with E-state index in [0.29, 0.717) is 6.54 Å². The zero-order valence-electron chi connectivity index (χ0n) is 11.3. The molecule has 1 N–H and O–H groups in total. The molecule has 0 aliphatic heterocycles. The predicted molar refractivity (Wildman–Crippen MR) is 73.4 cm³/mol. The van der Waals surface area contributed by atoms with E-state index < -0.39 is 11.9 Å². The fraction of sp³-hybridized carbons (Fsp3) is 0.385. The minimum atomic E-state index is -4.48. The topological polar surface area (TPSA) is 42.7 Å². The highest BCUT2D eigenvalue weighted by atomic mass is 35.5. The van der Waals surface area contributed by atoms with Gasteiger partial charge in [-0.3, -0.25) is 0 Å². The summed E-state index contributed by atoms with van der Waals surface area (Å²) in [7, 11) is 0. The predicted octanol–water partition coefficient (Wildman–Crippen LogP) is 3.44. The highest BCUT2D eigenvalue weighted by molar-refractivity contribution is 6.32. The first kappa shape index (κ1) is 15.8. The minimum absolute atomic E-state index is 0.173. The van der Waals surface area contributed by atoms with Gasteiger partial charge >= 0.3 is 6.18 Å². The van der Waals surface area contributed by atoms with Crippen LogP contribution in [0.15, 0.2) is 24.5 Å². The van der Waals surface area contributed by atoms with E-state index in [9.17, 15) is 13.2 Å². The molecule has 0 aliphatic rings. The van der Waals surface area contributed by atoms with Gasteiger partial charge in [0.2, 0.25) is 0 Å². The van der Waals surface area contributed by atoms with Crippen LogP contribution in [0, 0.1) is 0 Å². The Morgan fingerprint density at radius 3 is 2.71 bits per heavy atom. The van der Waals surface area contributed by atoms with Crippen molar-refractivity contribution in [1.82, 2.24) is 20.1 Å². The fourth-order valence-corrected chi connectivity index (χ4v) is 2.01. The number of halogens is 4. The summed E-state index contributed by atoms with van der Waals surface area (Å²) in [5.41, 5.74) is -0.116. The molecule has 0 radical (unpaired) electrons. The zero-order valence-corrected chi connectivity index (χ0v) is 12.0. The second-order valence-corrected chi connectivity index (χ2v) is 4.88. The van der Waals surface area contributed by atoms with Crippen molar-refractivity contribution >= 4 is 11.6 Å². The Bertz CT molecular complexity index is 610. The number of alkyl halides is 3. The second kappa shape index (κ2) is 6.44. The summed E-state index contributed by atoms with van der Waals surface area (Å²) in [6, 6.07) is 2.55. The number of rotatable bonds is 5. The van der Waals surface area contributed by atoms with Gasteiger partial charge in [0.25, 0.3) is 0 Å². The Kier molecular flexibility index (Phi) is 4.84. The first-order valence-electron chi connectivity index (χ1n) is 6.40. The van der Waals surface area contributed by atoms with E-state index in [1.165, 1.54) is 6.20 Å². The largest absolute Gasteiger partial charge is 0.435 e. The molecule has 114 valence electrons. The summed E-state index contributed by atoms with van der Waals surface area (Å²) in [4.78, 5) is 4.08. The van der Waals surface area contributed by atoms with Gasteiger partial charge in [0.1, 0.15) is 0 Å². The zero-order chi connectivity index (χ0) is 15.5. The SMILES string of the molecule is CCCNCc1cnc(-n2ccc(C(F)(F)F)n2)c(Cl)c1. The van der Waals surface area contributed by atoms with Gasteiger partial charge in [0.05, 0.1) is 5.02 Å². The molecule has 0 fully saturated rings. The summed E-state index contributed by atoms with van der Waals surface area (Å²) >= 11 is 6.07. The molecule has 8 heteroatoms. The maximum atomic E-state index is 12.5. The minimum Gasteiger partial charge on any atom is -0.313 e. The molecule has 0 atom stereocenters. The van der Waals surface area contributed by atoms with Gasteiger partial charge in [-0.15, -0.1) is 0 Å². The van der Waals surface area contributed by atoms with Crippen molar-refractivity contribution < 1.29 is 13.2 Å². The Morgan fingerprint density at radius 2 is 2.14 bits per heavy atom. The van der Waals surface area contributed by atoms with Gasteiger partial charge in [-0.25, -0.2) is 9.67 Å². The van der Waals surface area contributed by atoms with E-state index in [4.69, 9.17) is 11.6 Å². The number of hydrogen-bond acceptors (Lipinski definition) is 3. The first-order chi connectivity index (χ1) is 9.91. The van der Waals surface area contributed by atoms with Crippen LogP contribution >= 0.6 is 11.6 Å². The molecular formula is C13H14ClF3N4. The average molecular weight is 319 g/mol. The first-order valence-corrected chi connectivity index (χ1v) is 6.78. The van der Waals surface area contributed by atoms with Crippen LogP contribution in [0.1, 0.15) is 24.6 Å². The summed E-state index contributed by atoms with van der Waals surface area (Å²) in [6.07, 6.45) is -0.723. The number of nitrogens with zero attached hydrogens (tertiary/aromatic N) is 3. The lowest BCUT2D eigenvalue weighted by atomic mass is 10.2. The van der Waals surface area contributed by atoms with Crippen molar-refractivity contribution in [1.29, 1.82) is 0 Å². The second-order valence-electron chi connectivity index (χ2n) is 4.47. The fourth-order valence-electron chi connectivity index (χ4n) is 1.74. The molecule has 0 saturated heterocycles. The third-order valence-corrected chi connectivity index (χ3v) is 3.01. The van der Waals surface area contributed by atoms with Crippen molar-refractivity contribution in [2.24, 2.45) is 0 Å². The molecular weight excluding hydrogens is 305 g/mol. The molecule has 2 aromatic heterocycles. The van der Waals surface area contributed by atoms with Crippen molar-refractivity contribution in [2.75, 3.05) is 6.54 Å². The summed E-state index contributed by atoms with van der Waals surface area (Å²) in [6.45, 7) is 3.53. The molecule has 0 bridgehead atoms. The Labute approximate surface area is 124 Å². The molecule has 0 aromatic carbocycles. The van der Waals surface area contributed by atoms with Crippen LogP contribution in [0.5, 0.6) is 0 Å². The van der Waals surface area contributed by atoms with E-state index in [1.54, 1.807) is 12.3 Å². The normalized spacial score (nSPS) is 11.9. The van der Waals surface area contributed by atoms with E-state index in [-0.39, 0.29) is 10.8 Å². The Balaban J connectivity index is 2.19. The van der Waals surface area contributed by atoms with E-state index in [1.807, 2.05) is 0 Å². The molecule has 21 heavy (non-hydrogen) atoms. The van der Waals surface area contributed by atoms with Gasteiger partial charge in [0.15, 0.2) is 11.5 Å². The quantitative estimate of drug-likeness (QED) is 0.859. The number of pyridine rings is 1. The highest BCUT2D eigenvalue weighted by Crippen LogP contribution is 2.28. The molecule has 0 spiro atoms. The van der Waals surface area contributed by atoms with Crippen molar-refractivity contribution in [3.8, 4) is 5.82 Å².